The first-order chi connectivity index (χ1) is 9.27. The number of rotatable bonds is 9. The molecule has 0 fully saturated rings. The highest BCUT2D eigenvalue weighted by Crippen LogP contribution is 2.18. The fourth-order valence-corrected chi connectivity index (χ4v) is 1.66. The summed E-state index contributed by atoms with van der Waals surface area (Å²) in [7, 11) is 0. The van der Waals surface area contributed by atoms with Gasteiger partial charge in [-0.2, -0.15) is 0 Å². The fraction of sp³-hybridized carbons (Fsp3) is 0.312. The minimum absolute atomic E-state index is 0.128. The molecule has 0 heterocycles. The maximum absolute atomic E-state index is 10.9. The molecule has 1 amide bonds. The van der Waals surface area contributed by atoms with Gasteiger partial charge in [-0.15, -0.1) is 6.58 Å². The van der Waals surface area contributed by atoms with Crippen molar-refractivity contribution in [3.63, 3.8) is 0 Å². The summed E-state index contributed by atoms with van der Waals surface area (Å²) in [6.07, 6.45) is 5.75. The van der Waals surface area contributed by atoms with Gasteiger partial charge in [0.05, 0.1) is 6.61 Å². The predicted molar refractivity (Wildman–Crippen MR) is 78.3 cm³/mol. The van der Waals surface area contributed by atoms with Crippen molar-refractivity contribution in [2.45, 2.75) is 19.3 Å². The Balaban J connectivity index is 2.24. The van der Waals surface area contributed by atoms with Crippen LogP contribution in [0.5, 0.6) is 5.75 Å². The van der Waals surface area contributed by atoms with E-state index in [-0.39, 0.29) is 5.91 Å². The van der Waals surface area contributed by atoms with Crippen LogP contribution in [-0.4, -0.2) is 19.1 Å². The minimum Gasteiger partial charge on any atom is -0.493 e. The molecule has 0 spiro atoms. The Bertz CT molecular complexity index is 427. The summed E-state index contributed by atoms with van der Waals surface area (Å²) in [6, 6.07) is 7.97. The van der Waals surface area contributed by atoms with Crippen molar-refractivity contribution in [3.05, 3.63) is 55.1 Å². The molecule has 0 atom stereocenters. The molecule has 19 heavy (non-hydrogen) atoms. The van der Waals surface area contributed by atoms with E-state index < -0.39 is 0 Å². The van der Waals surface area contributed by atoms with Crippen molar-refractivity contribution in [2.24, 2.45) is 0 Å². The Hall–Kier alpha value is -2.03. The van der Waals surface area contributed by atoms with Crippen molar-refractivity contribution in [1.82, 2.24) is 5.32 Å². The van der Waals surface area contributed by atoms with Crippen molar-refractivity contribution in [2.75, 3.05) is 13.2 Å². The van der Waals surface area contributed by atoms with Crippen LogP contribution < -0.4 is 10.1 Å². The first-order valence-corrected chi connectivity index (χ1v) is 6.49. The zero-order valence-corrected chi connectivity index (χ0v) is 11.2. The van der Waals surface area contributed by atoms with Crippen LogP contribution >= 0.6 is 0 Å². The summed E-state index contributed by atoms with van der Waals surface area (Å²) < 4.78 is 5.74. The van der Waals surface area contributed by atoms with Crippen LogP contribution in [0.25, 0.3) is 0 Å². The molecule has 0 unspecified atom stereocenters. The molecule has 102 valence electrons. The highest BCUT2D eigenvalue weighted by atomic mass is 16.5. The molecular weight excluding hydrogens is 238 g/mol. The number of ether oxygens (including phenoxy) is 1. The van der Waals surface area contributed by atoms with Gasteiger partial charge in [-0.3, -0.25) is 4.79 Å². The Morgan fingerprint density at radius 2 is 2.05 bits per heavy atom. The highest BCUT2D eigenvalue weighted by molar-refractivity contribution is 5.86. The Kier molecular flexibility index (Phi) is 7.10. The number of hydrogen-bond donors (Lipinski definition) is 1. The van der Waals surface area contributed by atoms with Gasteiger partial charge in [-0.25, -0.2) is 0 Å². The second-order valence-corrected chi connectivity index (χ2v) is 4.15. The standard InChI is InChI=1S/C16H21NO2/c1-3-9-14-10-5-6-11-15(14)19-13-8-7-12-17-16(18)4-2/h3-6,10-11H,1-2,7-9,12-13H2,(H,17,18). The number of nitrogens with one attached hydrogen (secondary N) is 1. The summed E-state index contributed by atoms with van der Waals surface area (Å²) in [5.74, 6) is 0.787. The number of allylic oxidation sites excluding steroid dienone is 1. The van der Waals surface area contributed by atoms with E-state index in [1.165, 1.54) is 6.08 Å². The lowest BCUT2D eigenvalue weighted by molar-refractivity contribution is -0.116. The molecule has 0 aliphatic heterocycles. The van der Waals surface area contributed by atoms with Gasteiger partial charge in [0.1, 0.15) is 5.75 Å². The number of amides is 1. The van der Waals surface area contributed by atoms with E-state index in [4.69, 9.17) is 4.74 Å². The van der Waals surface area contributed by atoms with Crippen molar-refractivity contribution < 1.29 is 9.53 Å². The van der Waals surface area contributed by atoms with Crippen LogP contribution in [0.1, 0.15) is 18.4 Å². The van der Waals surface area contributed by atoms with E-state index in [0.29, 0.717) is 13.2 Å². The van der Waals surface area contributed by atoms with E-state index in [2.05, 4.69) is 18.5 Å². The SMILES string of the molecule is C=CCc1ccccc1OCCCCNC(=O)C=C. The molecule has 0 aliphatic rings. The fourth-order valence-electron chi connectivity index (χ4n) is 1.66. The van der Waals surface area contributed by atoms with Crippen molar-refractivity contribution in [3.8, 4) is 5.75 Å². The van der Waals surface area contributed by atoms with Crippen LogP contribution in [0.2, 0.25) is 0 Å². The number of carbonyl (C=O) groups is 1. The molecule has 0 bridgehead atoms. The van der Waals surface area contributed by atoms with Crippen LogP contribution in [-0.2, 0) is 11.2 Å². The van der Waals surface area contributed by atoms with Crippen LogP contribution in [0.4, 0.5) is 0 Å². The number of carbonyl (C=O) groups excluding carboxylic acids is 1. The van der Waals surface area contributed by atoms with Gasteiger partial charge in [0.2, 0.25) is 5.91 Å². The average molecular weight is 259 g/mol. The number of unbranched alkanes of at least 4 members (excludes halogenated alkanes) is 1. The van der Waals surface area contributed by atoms with Crippen molar-refractivity contribution in [1.29, 1.82) is 0 Å². The van der Waals surface area contributed by atoms with Crippen LogP contribution in [0, 0.1) is 0 Å². The summed E-state index contributed by atoms with van der Waals surface area (Å²) in [5.41, 5.74) is 1.15. The van der Waals surface area contributed by atoms with Crippen LogP contribution in [0.3, 0.4) is 0 Å². The van der Waals surface area contributed by atoms with E-state index >= 15 is 0 Å². The molecule has 0 radical (unpaired) electrons. The quantitative estimate of drug-likeness (QED) is 0.421. The normalized spacial score (nSPS) is 9.68. The van der Waals surface area contributed by atoms with E-state index in [1.807, 2.05) is 30.3 Å². The molecule has 0 aliphatic carbocycles. The third-order valence-electron chi connectivity index (χ3n) is 2.65. The lowest BCUT2D eigenvalue weighted by Crippen LogP contribution is -2.22. The maximum Gasteiger partial charge on any atom is 0.243 e. The molecule has 3 nitrogen and oxygen atoms in total. The molecule has 0 aromatic heterocycles. The van der Waals surface area contributed by atoms with Gasteiger partial charge in [0.25, 0.3) is 0 Å². The summed E-state index contributed by atoms with van der Waals surface area (Å²) in [4.78, 5) is 10.9. The van der Waals surface area contributed by atoms with Gasteiger partial charge in [0.15, 0.2) is 0 Å². The largest absolute Gasteiger partial charge is 0.493 e. The molecule has 1 aromatic rings. The third-order valence-corrected chi connectivity index (χ3v) is 2.65. The van der Waals surface area contributed by atoms with Gasteiger partial charge < -0.3 is 10.1 Å². The summed E-state index contributed by atoms with van der Waals surface area (Å²) in [6.45, 7) is 8.44. The molecule has 1 rings (SSSR count). The van der Waals surface area contributed by atoms with E-state index in [0.717, 1.165) is 30.6 Å². The number of hydrogen-bond acceptors (Lipinski definition) is 2. The minimum atomic E-state index is -0.128. The Morgan fingerprint density at radius 3 is 2.79 bits per heavy atom. The number of para-hydroxylation sites is 1. The van der Waals surface area contributed by atoms with Gasteiger partial charge in [0, 0.05) is 6.54 Å². The third kappa shape index (κ3) is 5.91. The second kappa shape index (κ2) is 8.97. The molecule has 0 saturated carbocycles. The lowest BCUT2D eigenvalue weighted by atomic mass is 10.1. The average Bonchev–Trinajstić information content (AvgIpc) is 2.44. The molecule has 1 N–H and O–H groups in total. The van der Waals surface area contributed by atoms with Gasteiger partial charge in [-0.1, -0.05) is 30.9 Å². The highest BCUT2D eigenvalue weighted by Gasteiger charge is 2.00. The molecular formula is C16H21NO2. The zero-order valence-electron chi connectivity index (χ0n) is 11.2. The molecule has 0 saturated heterocycles. The van der Waals surface area contributed by atoms with Gasteiger partial charge >= 0.3 is 0 Å². The molecule has 3 heteroatoms. The maximum atomic E-state index is 10.9. The zero-order chi connectivity index (χ0) is 13.9. The topological polar surface area (TPSA) is 38.3 Å². The predicted octanol–water partition coefficient (Wildman–Crippen LogP) is 2.88. The van der Waals surface area contributed by atoms with E-state index in [1.54, 1.807) is 0 Å². The Morgan fingerprint density at radius 1 is 1.26 bits per heavy atom. The summed E-state index contributed by atoms with van der Waals surface area (Å²) >= 11 is 0. The first kappa shape index (κ1) is 15.0. The second-order valence-electron chi connectivity index (χ2n) is 4.15. The Labute approximate surface area is 115 Å². The smallest absolute Gasteiger partial charge is 0.243 e. The lowest BCUT2D eigenvalue weighted by Gasteiger charge is -2.10. The van der Waals surface area contributed by atoms with Crippen LogP contribution in [0.15, 0.2) is 49.6 Å². The van der Waals surface area contributed by atoms with Crippen molar-refractivity contribution >= 4 is 5.91 Å². The number of benzene rings is 1. The summed E-state index contributed by atoms with van der Waals surface area (Å²) in [5, 5.41) is 2.74. The molecule has 1 aromatic carbocycles. The first-order valence-electron chi connectivity index (χ1n) is 6.49. The monoisotopic (exact) mass is 259 g/mol. The van der Waals surface area contributed by atoms with E-state index in [9.17, 15) is 4.79 Å². The van der Waals surface area contributed by atoms with Gasteiger partial charge in [-0.05, 0) is 37.0 Å².